The van der Waals surface area contributed by atoms with Crippen molar-refractivity contribution in [2.24, 2.45) is 0 Å². The predicted molar refractivity (Wildman–Crippen MR) is 126 cm³/mol. The van der Waals surface area contributed by atoms with Gasteiger partial charge in [-0.2, -0.15) is 0 Å². The number of nitrogen functional groups attached to an aromatic ring is 1. The molecule has 0 aliphatic carbocycles. The number of nitrogens with one attached hydrogen (secondary N) is 1. The molecule has 3 heterocycles. The van der Waals surface area contributed by atoms with Crippen molar-refractivity contribution in [1.82, 2.24) is 14.5 Å². The smallest absolute Gasteiger partial charge is 0.330 e. The minimum Gasteiger partial charge on any atom is -0.383 e. The van der Waals surface area contributed by atoms with Crippen LogP contribution in [0.3, 0.4) is 0 Å². The number of carbonyl (C=O) groups excluding carboxylic acids is 1. The maximum absolute atomic E-state index is 13.4. The summed E-state index contributed by atoms with van der Waals surface area (Å²) < 4.78 is 1.34. The Bertz CT molecular complexity index is 1020. The van der Waals surface area contributed by atoms with Crippen LogP contribution in [0.5, 0.6) is 0 Å². The number of aryl methyl sites for hydroxylation is 1. The van der Waals surface area contributed by atoms with Crippen molar-refractivity contribution in [1.29, 1.82) is 0 Å². The summed E-state index contributed by atoms with van der Waals surface area (Å²) in [6, 6.07) is 4.48. The van der Waals surface area contributed by atoms with Crippen LogP contribution in [-0.4, -0.2) is 40.0 Å². The van der Waals surface area contributed by atoms with Gasteiger partial charge in [0.05, 0.1) is 6.54 Å². The molecule has 1 saturated heterocycles. The van der Waals surface area contributed by atoms with Gasteiger partial charge in [-0.05, 0) is 51.3 Å². The minimum atomic E-state index is -0.605. The Morgan fingerprint density at radius 1 is 1.29 bits per heavy atom. The molecule has 2 aromatic rings. The lowest BCUT2D eigenvalue weighted by Gasteiger charge is -2.29. The number of anilines is 2. The van der Waals surface area contributed by atoms with E-state index in [0.29, 0.717) is 19.5 Å². The van der Waals surface area contributed by atoms with E-state index in [2.05, 4.69) is 28.9 Å². The number of nitrogens with two attached hydrogens (primary N) is 1. The maximum atomic E-state index is 13.4. The van der Waals surface area contributed by atoms with Gasteiger partial charge >= 0.3 is 5.69 Å². The molecular formula is C22H33N5O3S. The first kappa shape index (κ1) is 23.3. The lowest BCUT2D eigenvalue weighted by Crippen LogP contribution is -2.45. The second-order valence-corrected chi connectivity index (χ2v) is 9.44. The Kier molecular flexibility index (Phi) is 7.72. The fourth-order valence-corrected chi connectivity index (χ4v) is 5.24. The fourth-order valence-electron chi connectivity index (χ4n) is 4.19. The molecule has 1 fully saturated rings. The van der Waals surface area contributed by atoms with Crippen molar-refractivity contribution < 1.29 is 4.79 Å². The van der Waals surface area contributed by atoms with Gasteiger partial charge in [-0.15, -0.1) is 11.3 Å². The molecule has 0 aromatic carbocycles. The standard InChI is InChI=1S/C22H33N5O3S/c1-4-6-13-26(19-20(23)27(11-5-2)22(30)24-21(19)29)18(28)14-25-12-7-8-16(25)17-10-9-15(3)31-17/h9-10,16H,4-8,11-14,23H2,1-3H3,(H,24,29,30). The van der Waals surface area contributed by atoms with E-state index < -0.39 is 11.2 Å². The fraction of sp³-hybridized carbons (Fsp3) is 0.591. The summed E-state index contributed by atoms with van der Waals surface area (Å²) in [4.78, 5) is 46.9. The predicted octanol–water partition coefficient (Wildman–Crippen LogP) is 2.87. The van der Waals surface area contributed by atoms with Crippen molar-refractivity contribution in [3.8, 4) is 0 Å². The van der Waals surface area contributed by atoms with E-state index in [0.717, 1.165) is 32.2 Å². The number of aromatic nitrogens is 2. The van der Waals surface area contributed by atoms with E-state index in [1.165, 1.54) is 19.2 Å². The molecule has 1 amide bonds. The van der Waals surface area contributed by atoms with E-state index in [-0.39, 0.29) is 30.0 Å². The molecule has 170 valence electrons. The molecule has 31 heavy (non-hydrogen) atoms. The molecule has 0 bridgehead atoms. The van der Waals surface area contributed by atoms with Crippen LogP contribution in [0.2, 0.25) is 0 Å². The number of hydrogen-bond acceptors (Lipinski definition) is 6. The van der Waals surface area contributed by atoms with E-state index in [1.807, 2.05) is 13.8 Å². The van der Waals surface area contributed by atoms with Crippen molar-refractivity contribution in [2.75, 3.05) is 30.3 Å². The first-order valence-electron chi connectivity index (χ1n) is 11.1. The largest absolute Gasteiger partial charge is 0.383 e. The first-order valence-corrected chi connectivity index (χ1v) is 11.9. The van der Waals surface area contributed by atoms with Gasteiger partial charge in [0.1, 0.15) is 5.82 Å². The van der Waals surface area contributed by atoms with Crippen LogP contribution >= 0.6 is 11.3 Å². The topological polar surface area (TPSA) is 104 Å². The second kappa shape index (κ2) is 10.3. The van der Waals surface area contributed by atoms with Gasteiger partial charge in [-0.3, -0.25) is 24.0 Å². The SMILES string of the molecule is CCCCN(C(=O)CN1CCCC1c1ccc(C)s1)c1c(N)n(CCC)c(=O)[nH]c1=O. The van der Waals surface area contributed by atoms with Crippen LogP contribution in [0.4, 0.5) is 11.5 Å². The zero-order valence-electron chi connectivity index (χ0n) is 18.6. The molecule has 3 rings (SSSR count). The molecular weight excluding hydrogens is 414 g/mol. The quantitative estimate of drug-likeness (QED) is 0.615. The molecule has 1 unspecified atom stereocenters. The average Bonchev–Trinajstić information content (AvgIpc) is 3.36. The molecule has 3 N–H and O–H groups in total. The van der Waals surface area contributed by atoms with Gasteiger partial charge in [0.15, 0.2) is 5.69 Å². The van der Waals surface area contributed by atoms with Crippen LogP contribution in [0.25, 0.3) is 0 Å². The number of H-pyrrole nitrogens is 1. The van der Waals surface area contributed by atoms with E-state index in [1.54, 1.807) is 11.3 Å². The van der Waals surface area contributed by atoms with Crippen molar-refractivity contribution in [2.45, 2.75) is 65.5 Å². The average molecular weight is 448 g/mol. The lowest BCUT2D eigenvalue weighted by atomic mass is 10.2. The molecule has 1 aliphatic heterocycles. The van der Waals surface area contributed by atoms with Gasteiger partial charge in [-0.25, -0.2) is 4.79 Å². The molecule has 0 saturated carbocycles. The lowest BCUT2D eigenvalue weighted by molar-refractivity contribution is -0.120. The van der Waals surface area contributed by atoms with Crippen LogP contribution < -0.4 is 21.9 Å². The third-order valence-electron chi connectivity index (χ3n) is 5.76. The van der Waals surface area contributed by atoms with E-state index in [4.69, 9.17) is 5.73 Å². The molecule has 1 aliphatic rings. The van der Waals surface area contributed by atoms with Crippen molar-refractivity contribution in [3.63, 3.8) is 0 Å². The van der Waals surface area contributed by atoms with Gasteiger partial charge in [0.25, 0.3) is 5.56 Å². The normalized spacial score (nSPS) is 16.7. The Balaban J connectivity index is 1.91. The Hall–Kier alpha value is -2.39. The number of hydrogen-bond donors (Lipinski definition) is 2. The number of thiophene rings is 1. The summed E-state index contributed by atoms with van der Waals surface area (Å²) in [5, 5.41) is 0. The summed E-state index contributed by atoms with van der Waals surface area (Å²) in [6.45, 7) is 7.89. The van der Waals surface area contributed by atoms with Gasteiger partial charge in [0, 0.05) is 28.9 Å². The van der Waals surface area contributed by atoms with Gasteiger partial charge < -0.3 is 10.6 Å². The third-order valence-corrected chi connectivity index (χ3v) is 6.86. The zero-order valence-corrected chi connectivity index (χ0v) is 19.5. The highest BCUT2D eigenvalue weighted by molar-refractivity contribution is 7.12. The molecule has 9 heteroatoms. The van der Waals surface area contributed by atoms with Crippen molar-refractivity contribution in [3.05, 3.63) is 42.7 Å². The second-order valence-electron chi connectivity index (χ2n) is 8.12. The third kappa shape index (κ3) is 5.10. The summed E-state index contributed by atoms with van der Waals surface area (Å²) in [6.07, 6.45) is 4.36. The highest BCUT2D eigenvalue weighted by Gasteiger charge is 2.31. The Morgan fingerprint density at radius 3 is 2.71 bits per heavy atom. The van der Waals surface area contributed by atoms with Crippen LogP contribution in [0.1, 0.15) is 61.7 Å². The number of unbranched alkanes of at least 4 members (excludes halogenated alkanes) is 1. The number of aromatic amines is 1. The molecule has 1 atom stereocenters. The van der Waals surface area contributed by atoms with Crippen molar-refractivity contribution >= 4 is 28.7 Å². The summed E-state index contributed by atoms with van der Waals surface area (Å²) in [7, 11) is 0. The highest BCUT2D eigenvalue weighted by Crippen LogP contribution is 2.35. The van der Waals surface area contributed by atoms with Gasteiger partial charge in [-0.1, -0.05) is 20.3 Å². The number of nitrogens with zero attached hydrogens (tertiary/aromatic N) is 3. The summed E-state index contributed by atoms with van der Waals surface area (Å²) in [5.74, 6) is -0.0977. The Labute approximate surface area is 186 Å². The molecule has 8 nitrogen and oxygen atoms in total. The number of amides is 1. The highest BCUT2D eigenvalue weighted by atomic mass is 32.1. The molecule has 0 spiro atoms. The number of carbonyl (C=O) groups is 1. The molecule has 0 radical (unpaired) electrons. The maximum Gasteiger partial charge on any atom is 0.330 e. The van der Waals surface area contributed by atoms with Crippen LogP contribution in [0, 0.1) is 6.92 Å². The number of rotatable bonds is 9. The first-order chi connectivity index (χ1) is 14.9. The molecule has 2 aromatic heterocycles. The van der Waals surface area contributed by atoms with Gasteiger partial charge in [0.2, 0.25) is 5.91 Å². The summed E-state index contributed by atoms with van der Waals surface area (Å²) in [5.41, 5.74) is 5.20. The Morgan fingerprint density at radius 2 is 2.06 bits per heavy atom. The summed E-state index contributed by atoms with van der Waals surface area (Å²) >= 11 is 1.77. The van der Waals surface area contributed by atoms with Crippen LogP contribution in [0.15, 0.2) is 21.7 Å². The van der Waals surface area contributed by atoms with Crippen LogP contribution in [-0.2, 0) is 11.3 Å². The van der Waals surface area contributed by atoms with E-state index >= 15 is 0 Å². The number of likely N-dealkylation sites (tertiary alicyclic amines) is 1. The zero-order chi connectivity index (χ0) is 22.5. The monoisotopic (exact) mass is 447 g/mol. The van der Waals surface area contributed by atoms with E-state index in [9.17, 15) is 14.4 Å². The minimum absolute atomic E-state index is 0.0620.